The van der Waals surface area contributed by atoms with Crippen molar-refractivity contribution in [1.29, 1.82) is 0 Å². The summed E-state index contributed by atoms with van der Waals surface area (Å²) in [5, 5.41) is 12.6. The highest BCUT2D eigenvalue weighted by Gasteiger charge is 2.33. The van der Waals surface area contributed by atoms with Crippen LogP contribution in [-0.4, -0.2) is 28.0 Å². The van der Waals surface area contributed by atoms with Crippen LogP contribution in [-0.2, 0) is 4.79 Å². The van der Waals surface area contributed by atoms with Crippen molar-refractivity contribution in [3.05, 3.63) is 42.1 Å². The molecule has 1 atom stereocenters. The minimum Gasteiger partial charge on any atom is -0.480 e. The molecular weight excluding hydrogens is 268 g/mol. The van der Waals surface area contributed by atoms with Gasteiger partial charge < -0.3 is 10.4 Å². The first-order valence-corrected chi connectivity index (χ1v) is 6.68. The Bertz CT molecular complexity index is 684. The third-order valence-corrected chi connectivity index (χ3v) is 3.28. The molecule has 0 fully saturated rings. The molecule has 0 aliphatic rings. The Morgan fingerprint density at radius 1 is 1.19 bits per heavy atom. The molecule has 0 spiro atoms. The van der Waals surface area contributed by atoms with Gasteiger partial charge in [-0.1, -0.05) is 32.9 Å². The van der Waals surface area contributed by atoms with E-state index in [1.807, 2.05) is 6.07 Å². The summed E-state index contributed by atoms with van der Waals surface area (Å²) >= 11 is 0. The molecule has 0 saturated heterocycles. The number of benzene rings is 1. The van der Waals surface area contributed by atoms with E-state index in [2.05, 4.69) is 10.3 Å². The Hall–Kier alpha value is -2.43. The smallest absolute Gasteiger partial charge is 0.326 e. The van der Waals surface area contributed by atoms with Crippen molar-refractivity contribution < 1.29 is 14.7 Å². The van der Waals surface area contributed by atoms with Gasteiger partial charge in [0.1, 0.15) is 6.04 Å². The number of nitrogens with one attached hydrogen (secondary N) is 1. The molecular formula is C16H18N2O3. The van der Waals surface area contributed by atoms with Crippen molar-refractivity contribution >= 4 is 22.8 Å². The number of aromatic nitrogens is 1. The van der Waals surface area contributed by atoms with Crippen molar-refractivity contribution in [2.75, 3.05) is 0 Å². The predicted molar refractivity (Wildman–Crippen MR) is 80.1 cm³/mol. The summed E-state index contributed by atoms with van der Waals surface area (Å²) in [6.45, 7) is 5.32. The zero-order valence-corrected chi connectivity index (χ0v) is 12.3. The van der Waals surface area contributed by atoms with Crippen LogP contribution in [0.15, 0.2) is 36.5 Å². The van der Waals surface area contributed by atoms with Gasteiger partial charge in [0.25, 0.3) is 5.91 Å². The van der Waals surface area contributed by atoms with E-state index in [9.17, 15) is 14.7 Å². The van der Waals surface area contributed by atoms with Crippen molar-refractivity contribution in [3.8, 4) is 0 Å². The van der Waals surface area contributed by atoms with Crippen LogP contribution in [0.25, 0.3) is 10.9 Å². The Morgan fingerprint density at radius 3 is 2.52 bits per heavy atom. The van der Waals surface area contributed by atoms with E-state index in [0.717, 1.165) is 0 Å². The van der Waals surface area contributed by atoms with Gasteiger partial charge in [-0.2, -0.15) is 0 Å². The second kappa shape index (κ2) is 5.52. The lowest BCUT2D eigenvalue weighted by molar-refractivity contribution is -0.142. The van der Waals surface area contributed by atoms with Crippen LogP contribution in [0.3, 0.4) is 0 Å². The monoisotopic (exact) mass is 286 g/mol. The van der Waals surface area contributed by atoms with Gasteiger partial charge in [-0.15, -0.1) is 0 Å². The fourth-order valence-corrected chi connectivity index (χ4v) is 2.16. The number of carboxylic acid groups (broad SMARTS) is 1. The highest BCUT2D eigenvalue weighted by molar-refractivity contribution is 6.07. The first-order valence-electron chi connectivity index (χ1n) is 6.68. The summed E-state index contributed by atoms with van der Waals surface area (Å²) < 4.78 is 0. The van der Waals surface area contributed by atoms with Gasteiger partial charge in [0.2, 0.25) is 0 Å². The molecule has 21 heavy (non-hydrogen) atoms. The normalized spacial score (nSPS) is 12.9. The highest BCUT2D eigenvalue weighted by Crippen LogP contribution is 2.21. The molecule has 0 aliphatic heterocycles. The second-order valence-corrected chi connectivity index (χ2v) is 5.99. The first-order chi connectivity index (χ1) is 9.80. The summed E-state index contributed by atoms with van der Waals surface area (Å²) in [6, 6.07) is 7.79. The fourth-order valence-electron chi connectivity index (χ4n) is 2.16. The van der Waals surface area contributed by atoms with E-state index in [1.165, 1.54) is 0 Å². The maximum Gasteiger partial charge on any atom is 0.326 e. The van der Waals surface area contributed by atoms with E-state index < -0.39 is 23.3 Å². The summed E-state index contributed by atoms with van der Waals surface area (Å²) in [5.74, 6) is -1.45. The van der Waals surface area contributed by atoms with Crippen LogP contribution < -0.4 is 5.32 Å². The van der Waals surface area contributed by atoms with Crippen LogP contribution in [0, 0.1) is 5.41 Å². The number of hydrogen-bond acceptors (Lipinski definition) is 3. The summed E-state index contributed by atoms with van der Waals surface area (Å²) in [7, 11) is 0. The van der Waals surface area contributed by atoms with Crippen LogP contribution >= 0.6 is 0 Å². The molecule has 1 heterocycles. The van der Waals surface area contributed by atoms with Gasteiger partial charge in [0.15, 0.2) is 0 Å². The van der Waals surface area contributed by atoms with E-state index in [4.69, 9.17) is 0 Å². The van der Waals surface area contributed by atoms with Gasteiger partial charge in [-0.05, 0) is 23.6 Å². The summed E-state index contributed by atoms with van der Waals surface area (Å²) in [4.78, 5) is 28.0. The molecule has 0 bridgehead atoms. The topological polar surface area (TPSA) is 79.3 Å². The lowest BCUT2D eigenvalue weighted by atomic mass is 9.86. The van der Waals surface area contributed by atoms with E-state index >= 15 is 0 Å². The molecule has 0 saturated carbocycles. The molecule has 5 heteroatoms. The summed E-state index contributed by atoms with van der Waals surface area (Å²) in [5.41, 5.74) is 0.550. The fraction of sp³-hybridized carbons (Fsp3) is 0.312. The minimum atomic E-state index is -1.05. The van der Waals surface area contributed by atoms with Crippen molar-refractivity contribution in [2.45, 2.75) is 26.8 Å². The van der Waals surface area contributed by atoms with E-state index in [0.29, 0.717) is 16.5 Å². The first kappa shape index (κ1) is 15.0. The average Bonchev–Trinajstić information content (AvgIpc) is 2.42. The number of carbonyl (C=O) groups is 2. The molecule has 1 amide bonds. The molecule has 2 aromatic rings. The number of pyridine rings is 1. The third kappa shape index (κ3) is 3.18. The molecule has 0 radical (unpaired) electrons. The van der Waals surface area contributed by atoms with Crippen LogP contribution in [0.2, 0.25) is 0 Å². The summed E-state index contributed by atoms with van der Waals surface area (Å²) in [6.07, 6.45) is 1.65. The van der Waals surface area contributed by atoms with Crippen LogP contribution in [0.5, 0.6) is 0 Å². The minimum absolute atomic E-state index is 0.407. The quantitative estimate of drug-likeness (QED) is 0.908. The number of nitrogens with zero attached hydrogens (tertiary/aromatic N) is 1. The number of fused-ring (bicyclic) bond motifs is 1. The maximum absolute atomic E-state index is 12.4. The standard InChI is InChI=1S/C16H18N2O3/c1-16(2,3)13(15(20)21)18-14(19)11-6-4-8-12-10(11)7-5-9-17-12/h4-9,13H,1-3H3,(H,18,19)(H,20,21)/t13-/m0/s1. The lowest BCUT2D eigenvalue weighted by Gasteiger charge is -2.27. The molecule has 110 valence electrons. The number of carbonyl (C=O) groups excluding carboxylic acids is 1. The molecule has 0 aliphatic carbocycles. The predicted octanol–water partition coefficient (Wildman–Crippen LogP) is 2.46. The van der Waals surface area contributed by atoms with Gasteiger partial charge in [0, 0.05) is 17.1 Å². The number of hydrogen-bond donors (Lipinski definition) is 2. The molecule has 0 unspecified atom stereocenters. The van der Waals surface area contributed by atoms with Crippen LogP contribution in [0.4, 0.5) is 0 Å². The molecule has 1 aromatic carbocycles. The number of aliphatic carboxylic acids is 1. The van der Waals surface area contributed by atoms with Crippen molar-refractivity contribution in [2.24, 2.45) is 5.41 Å². The maximum atomic E-state index is 12.4. The number of carboxylic acids is 1. The van der Waals surface area contributed by atoms with E-state index in [-0.39, 0.29) is 0 Å². The van der Waals surface area contributed by atoms with Gasteiger partial charge in [-0.3, -0.25) is 9.78 Å². The lowest BCUT2D eigenvalue weighted by Crippen LogP contribution is -2.49. The van der Waals surface area contributed by atoms with Crippen LogP contribution in [0.1, 0.15) is 31.1 Å². The molecule has 5 nitrogen and oxygen atoms in total. The molecule has 2 rings (SSSR count). The SMILES string of the molecule is CC(C)(C)[C@@H](NC(=O)c1cccc2ncccc12)C(=O)O. The zero-order chi connectivity index (χ0) is 15.6. The number of rotatable bonds is 3. The Balaban J connectivity index is 2.37. The highest BCUT2D eigenvalue weighted by atomic mass is 16.4. The molecule has 1 aromatic heterocycles. The van der Waals surface area contributed by atoms with Gasteiger partial charge in [-0.25, -0.2) is 4.79 Å². The van der Waals surface area contributed by atoms with Gasteiger partial charge >= 0.3 is 5.97 Å². The third-order valence-electron chi connectivity index (χ3n) is 3.28. The molecule has 2 N–H and O–H groups in total. The average molecular weight is 286 g/mol. The largest absolute Gasteiger partial charge is 0.480 e. The van der Waals surface area contributed by atoms with E-state index in [1.54, 1.807) is 51.2 Å². The van der Waals surface area contributed by atoms with Crippen molar-refractivity contribution in [3.63, 3.8) is 0 Å². The zero-order valence-electron chi connectivity index (χ0n) is 12.3. The Kier molecular flexibility index (Phi) is 3.93. The van der Waals surface area contributed by atoms with Crippen molar-refractivity contribution in [1.82, 2.24) is 10.3 Å². The van der Waals surface area contributed by atoms with Gasteiger partial charge in [0.05, 0.1) is 5.52 Å². The Morgan fingerprint density at radius 2 is 1.90 bits per heavy atom. The number of amides is 1. The Labute approximate surface area is 123 Å². The second-order valence-electron chi connectivity index (χ2n) is 5.99.